The van der Waals surface area contributed by atoms with Gasteiger partial charge in [0.15, 0.2) is 5.65 Å². The second-order valence-electron chi connectivity index (χ2n) is 6.17. The van der Waals surface area contributed by atoms with Gasteiger partial charge in [-0.25, -0.2) is 9.97 Å². The molecule has 0 amide bonds. The first-order valence-corrected chi connectivity index (χ1v) is 8.06. The highest BCUT2D eigenvalue weighted by atomic mass is 19.4. The van der Waals surface area contributed by atoms with Gasteiger partial charge in [-0.3, -0.25) is 4.98 Å². The molecule has 0 aliphatic rings. The molecular formula is C18H18F3N5. The molecule has 0 aromatic carbocycles. The molecule has 26 heavy (non-hydrogen) atoms. The van der Waals surface area contributed by atoms with Gasteiger partial charge in [0.25, 0.3) is 0 Å². The Hall–Kier alpha value is -2.90. The Bertz CT molecular complexity index is 924. The summed E-state index contributed by atoms with van der Waals surface area (Å²) in [4.78, 5) is 13.9. The molecule has 0 unspecified atom stereocenters. The second-order valence-corrected chi connectivity index (χ2v) is 6.17. The Labute approximate surface area is 148 Å². The van der Waals surface area contributed by atoms with Crippen molar-refractivity contribution in [1.82, 2.24) is 15.0 Å². The van der Waals surface area contributed by atoms with E-state index >= 15 is 0 Å². The average molecular weight is 361 g/mol. The van der Waals surface area contributed by atoms with Crippen LogP contribution in [0.5, 0.6) is 0 Å². The minimum atomic E-state index is -4.52. The summed E-state index contributed by atoms with van der Waals surface area (Å²) >= 11 is 0. The topological polar surface area (TPSA) is 67.9 Å². The molecular weight excluding hydrogens is 343 g/mol. The van der Waals surface area contributed by atoms with Crippen molar-refractivity contribution >= 4 is 22.5 Å². The molecule has 5 nitrogen and oxygen atoms in total. The highest BCUT2D eigenvalue weighted by Crippen LogP contribution is 2.32. The zero-order chi connectivity index (χ0) is 18.9. The number of nitrogens with zero attached hydrogens (tertiary/aromatic N) is 4. The number of halogens is 3. The van der Waals surface area contributed by atoms with Crippen molar-refractivity contribution in [2.24, 2.45) is 0 Å². The lowest BCUT2D eigenvalue weighted by atomic mass is 10.1. The quantitative estimate of drug-likeness (QED) is 0.760. The van der Waals surface area contributed by atoms with E-state index in [0.29, 0.717) is 22.5 Å². The fourth-order valence-corrected chi connectivity index (χ4v) is 2.75. The molecule has 0 spiro atoms. The van der Waals surface area contributed by atoms with Gasteiger partial charge >= 0.3 is 6.18 Å². The van der Waals surface area contributed by atoms with Crippen molar-refractivity contribution in [1.29, 1.82) is 0 Å². The maximum Gasteiger partial charge on any atom is 0.433 e. The van der Waals surface area contributed by atoms with Crippen LogP contribution in [0.3, 0.4) is 0 Å². The maximum atomic E-state index is 13.2. The average Bonchev–Trinajstić information content (AvgIpc) is 2.59. The molecule has 0 saturated carbocycles. The normalized spacial score (nSPS) is 11.9. The maximum absolute atomic E-state index is 13.2. The molecule has 0 atom stereocenters. The van der Waals surface area contributed by atoms with E-state index < -0.39 is 11.9 Å². The highest BCUT2D eigenvalue weighted by Gasteiger charge is 2.35. The molecule has 0 bridgehead atoms. The summed E-state index contributed by atoms with van der Waals surface area (Å²) in [6.45, 7) is 3.76. The number of aromatic nitrogens is 3. The number of fused-ring (bicyclic) bond motifs is 1. The summed E-state index contributed by atoms with van der Waals surface area (Å²) in [7, 11) is 0. The van der Waals surface area contributed by atoms with E-state index in [1.54, 1.807) is 29.3 Å². The van der Waals surface area contributed by atoms with Gasteiger partial charge in [0, 0.05) is 47.7 Å². The van der Waals surface area contributed by atoms with E-state index in [2.05, 4.69) is 15.0 Å². The number of rotatable bonds is 4. The van der Waals surface area contributed by atoms with Crippen molar-refractivity contribution in [2.45, 2.75) is 32.6 Å². The minimum Gasteiger partial charge on any atom is -0.398 e. The molecule has 0 aliphatic carbocycles. The van der Waals surface area contributed by atoms with Gasteiger partial charge in [-0.1, -0.05) is 6.07 Å². The molecule has 0 fully saturated rings. The summed E-state index contributed by atoms with van der Waals surface area (Å²) in [6.07, 6.45) is -1.78. The van der Waals surface area contributed by atoms with E-state index in [0.717, 1.165) is 6.20 Å². The van der Waals surface area contributed by atoms with Crippen LogP contribution >= 0.6 is 0 Å². The van der Waals surface area contributed by atoms with Gasteiger partial charge in [-0.05, 0) is 32.0 Å². The molecule has 8 heteroatoms. The first kappa shape index (κ1) is 17.9. The Kier molecular flexibility index (Phi) is 4.67. The zero-order valence-corrected chi connectivity index (χ0v) is 14.3. The first-order valence-electron chi connectivity index (χ1n) is 8.06. The van der Waals surface area contributed by atoms with Crippen LogP contribution in [-0.2, 0) is 12.7 Å². The lowest BCUT2D eigenvalue weighted by molar-refractivity contribution is -0.141. The van der Waals surface area contributed by atoms with Crippen LogP contribution in [0.15, 0.2) is 42.7 Å². The van der Waals surface area contributed by atoms with Crippen LogP contribution in [0, 0.1) is 0 Å². The fourth-order valence-electron chi connectivity index (χ4n) is 2.75. The number of nitrogen functional groups attached to an aromatic ring is 1. The third kappa shape index (κ3) is 3.54. The number of nitrogens with two attached hydrogens (primary N) is 1. The monoisotopic (exact) mass is 361 g/mol. The van der Waals surface area contributed by atoms with Crippen molar-refractivity contribution in [2.75, 3.05) is 10.6 Å². The first-order chi connectivity index (χ1) is 12.3. The molecule has 3 heterocycles. The number of alkyl halides is 3. The summed E-state index contributed by atoms with van der Waals surface area (Å²) in [5, 5.41) is 0.706. The van der Waals surface area contributed by atoms with Crippen molar-refractivity contribution in [3.63, 3.8) is 0 Å². The van der Waals surface area contributed by atoms with Crippen LogP contribution in [-0.4, -0.2) is 21.0 Å². The van der Waals surface area contributed by atoms with Crippen LogP contribution in [0.2, 0.25) is 0 Å². The number of anilines is 2. The molecule has 136 valence electrons. The molecule has 0 saturated heterocycles. The van der Waals surface area contributed by atoms with E-state index in [4.69, 9.17) is 5.73 Å². The van der Waals surface area contributed by atoms with Gasteiger partial charge in [-0.2, -0.15) is 13.2 Å². The van der Waals surface area contributed by atoms with Crippen LogP contribution in [0.4, 0.5) is 24.7 Å². The SMILES string of the molecule is CC(C)N(Cc1cccnc1C(F)(F)F)c1cc(N)c2cccnc2n1. The highest BCUT2D eigenvalue weighted by molar-refractivity contribution is 5.89. The summed E-state index contributed by atoms with van der Waals surface area (Å²) < 4.78 is 39.7. The second kappa shape index (κ2) is 6.78. The zero-order valence-electron chi connectivity index (χ0n) is 14.3. The molecule has 0 aliphatic heterocycles. The molecule has 0 radical (unpaired) electrons. The molecule has 2 N–H and O–H groups in total. The third-order valence-corrected chi connectivity index (χ3v) is 4.02. The lowest BCUT2D eigenvalue weighted by Crippen LogP contribution is -2.32. The van der Waals surface area contributed by atoms with Crippen molar-refractivity contribution in [3.05, 3.63) is 54.0 Å². The largest absolute Gasteiger partial charge is 0.433 e. The van der Waals surface area contributed by atoms with Gasteiger partial charge < -0.3 is 10.6 Å². The summed E-state index contributed by atoms with van der Waals surface area (Å²) in [5.74, 6) is 0.473. The van der Waals surface area contributed by atoms with Gasteiger partial charge in [0.05, 0.1) is 0 Å². The van der Waals surface area contributed by atoms with E-state index in [-0.39, 0.29) is 18.2 Å². The Morgan fingerprint density at radius 2 is 1.81 bits per heavy atom. The number of hydrogen-bond acceptors (Lipinski definition) is 5. The third-order valence-electron chi connectivity index (χ3n) is 4.02. The molecule has 3 aromatic rings. The van der Waals surface area contributed by atoms with Crippen LogP contribution in [0.1, 0.15) is 25.1 Å². The fraction of sp³-hybridized carbons (Fsp3) is 0.278. The van der Waals surface area contributed by atoms with Crippen molar-refractivity contribution in [3.8, 4) is 0 Å². The standard InChI is InChI=1S/C18H18F3N5/c1-11(2)26(10-12-5-3-7-23-16(12)18(19,20)21)15-9-14(22)13-6-4-8-24-17(13)25-15/h3-9,11H,10H2,1-2H3,(H2,22,24,25). The van der Waals surface area contributed by atoms with Crippen molar-refractivity contribution < 1.29 is 13.2 Å². The van der Waals surface area contributed by atoms with Gasteiger partial charge in [0.2, 0.25) is 0 Å². The van der Waals surface area contributed by atoms with Crippen LogP contribution in [0.25, 0.3) is 11.0 Å². The van der Waals surface area contributed by atoms with E-state index in [9.17, 15) is 13.2 Å². The molecule has 3 aromatic heterocycles. The summed E-state index contributed by atoms with van der Waals surface area (Å²) in [6, 6.07) is 8.03. The Morgan fingerprint density at radius 1 is 1.12 bits per heavy atom. The van der Waals surface area contributed by atoms with E-state index in [1.807, 2.05) is 13.8 Å². The minimum absolute atomic E-state index is 0.00509. The van der Waals surface area contributed by atoms with E-state index in [1.165, 1.54) is 12.1 Å². The Balaban J connectivity index is 2.05. The van der Waals surface area contributed by atoms with Gasteiger partial charge in [-0.15, -0.1) is 0 Å². The van der Waals surface area contributed by atoms with Crippen LogP contribution < -0.4 is 10.6 Å². The number of pyridine rings is 3. The predicted molar refractivity (Wildman–Crippen MR) is 94.5 cm³/mol. The molecule has 3 rings (SSSR count). The number of hydrogen-bond donors (Lipinski definition) is 1. The lowest BCUT2D eigenvalue weighted by Gasteiger charge is -2.29. The smallest absolute Gasteiger partial charge is 0.398 e. The van der Waals surface area contributed by atoms with Gasteiger partial charge in [0.1, 0.15) is 11.5 Å². The predicted octanol–water partition coefficient (Wildman–Crippen LogP) is 4.04. The summed E-state index contributed by atoms with van der Waals surface area (Å²) in [5.41, 5.74) is 6.21. The Morgan fingerprint density at radius 3 is 2.50 bits per heavy atom.